The molecule has 1 unspecified atom stereocenters. The van der Waals surface area contributed by atoms with E-state index in [1.807, 2.05) is 12.1 Å². The molecule has 3 rings (SSSR count). The molecule has 1 aliphatic rings. The summed E-state index contributed by atoms with van der Waals surface area (Å²) in [6.45, 7) is 2.38. The van der Waals surface area contributed by atoms with Crippen LogP contribution in [0.2, 0.25) is 0 Å². The highest BCUT2D eigenvalue weighted by molar-refractivity contribution is 7.17. The van der Waals surface area contributed by atoms with Crippen molar-refractivity contribution < 1.29 is 14.5 Å². The first-order chi connectivity index (χ1) is 12.1. The van der Waals surface area contributed by atoms with Crippen LogP contribution in [0.5, 0.6) is 0 Å². The standard InChI is InChI=1S/C17H17N3O4S/c1-11(18-19-17(21)14-7-4-10-24-14)15-8-9-16(25-15)12-5-2-3-6-13(12)20(22)23/h2-3,5-6,8-9,14H,4,7,10H2,1H3,(H,19,21)/b18-11+. The van der Waals surface area contributed by atoms with E-state index < -0.39 is 11.0 Å². The number of nitro benzene ring substituents is 1. The number of thiophene rings is 1. The minimum absolute atomic E-state index is 0.0668. The third kappa shape index (κ3) is 3.92. The number of nitro groups is 1. The van der Waals surface area contributed by atoms with Gasteiger partial charge < -0.3 is 4.74 Å². The Hall–Kier alpha value is -2.58. The maximum atomic E-state index is 11.9. The first kappa shape index (κ1) is 17.2. The summed E-state index contributed by atoms with van der Waals surface area (Å²) in [6, 6.07) is 10.3. The Labute approximate surface area is 148 Å². The number of hydrogen-bond acceptors (Lipinski definition) is 6. The third-order valence-electron chi connectivity index (χ3n) is 3.88. The van der Waals surface area contributed by atoms with Crippen LogP contribution in [0.15, 0.2) is 41.5 Å². The molecule has 1 aromatic heterocycles. The predicted octanol–water partition coefficient (Wildman–Crippen LogP) is 3.34. The normalized spacial score (nSPS) is 17.5. The summed E-state index contributed by atoms with van der Waals surface area (Å²) < 4.78 is 5.31. The van der Waals surface area contributed by atoms with E-state index in [0.717, 1.165) is 16.2 Å². The monoisotopic (exact) mass is 359 g/mol. The number of nitrogens with one attached hydrogen (secondary N) is 1. The molecule has 1 atom stereocenters. The number of carbonyl (C=O) groups excluding carboxylic acids is 1. The Morgan fingerprint density at radius 3 is 2.88 bits per heavy atom. The molecule has 1 N–H and O–H groups in total. The Morgan fingerprint density at radius 1 is 1.36 bits per heavy atom. The molecule has 1 aromatic carbocycles. The summed E-state index contributed by atoms with van der Waals surface area (Å²) in [5.41, 5.74) is 3.80. The Bertz CT molecular complexity index is 825. The van der Waals surface area contributed by atoms with Gasteiger partial charge in [0.05, 0.1) is 21.1 Å². The summed E-state index contributed by atoms with van der Waals surface area (Å²) in [4.78, 5) is 24.3. The van der Waals surface area contributed by atoms with Gasteiger partial charge in [-0.05, 0) is 38.0 Å². The van der Waals surface area contributed by atoms with E-state index >= 15 is 0 Å². The van der Waals surface area contributed by atoms with E-state index in [2.05, 4.69) is 10.5 Å². The lowest BCUT2D eigenvalue weighted by atomic mass is 10.1. The molecule has 1 amide bonds. The maximum absolute atomic E-state index is 11.9. The molecule has 2 aromatic rings. The van der Waals surface area contributed by atoms with Crippen LogP contribution in [0.25, 0.3) is 10.4 Å². The van der Waals surface area contributed by atoms with Crippen molar-refractivity contribution in [3.63, 3.8) is 0 Å². The molecule has 2 heterocycles. The van der Waals surface area contributed by atoms with Crippen LogP contribution in [-0.4, -0.2) is 29.3 Å². The molecule has 1 aliphatic heterocycles. The van der Waals surface area contributed by atoms with Crippen LogP contribution in [0.3, 0.4) is 0 Å². The van der Waals surface area contributed by atoms with Crippen molar-refractivity contribution in [3.8, 4) is 10.4 Å². The minimum atomic E-state index is -0.428. The average molecular weight is 359 g/mol. The molecular formula is C17H17N3O4S. The molecule has 0 spiro atoms. The maximum Gasteiger partial charge on any atom is 0.278 e. The number of hydrazone groups is 1. The lowest BCUT2D eigenvalue weighted by Crippen LogP contribution is -2.31. The zero-order valence-electron chi connectivity index (χ0n) is 13.6. The van der Waals surface area contributed by atoms with Gasteiger partial charge in [-0.15, -0.1) is 11.3 Å². The molecule has 7 nitrogen and oxygen atoms in total. The van der Waals surface area contributed by atoms with E-state index in [4.69, 9.17) is 4.74 Å². The van der Waals surface area contributed by atoms with Crippen molar-refractivity contribution in [2.75, 3.05) is 6.61 Å². The average Bonchev–Trinajstić information content (AvgIpc) is 3.30. The van der Waals surface area contributed by atoms with Gasteiger partial charge in [0.1, 0.15) is 6.10 Å². The summed E-state index contributed by atoms with van der Waals surface area (Å²) in [6.07, 6.45) is 1.16. The zero-order chi connectivity index (χ0) is 17.8. The Balaban J connectivity index is 1.75. The van der Waals surface area contributed by atoms with E-state index in [0.29, 0.717) is 24.3 Å². The van der Waals surface area contributed by atoms with Gasteiger partial charge in [-0.2, -0.15) is 5.10 Å². The second-order valence-electron chi connectivity index (χ2n) is 5.61. The van der Waals surface area contributed by atoms with Gasteiger partial charge in [-0.25, -0.2) is 5.43 Å². The highest BCUT2D eigenvalue weighted by Gasteiger charge is 2.23. The Kier molecular flexibility index (Phi) is 5.20. The van der Waals surface area contributed by atoms with Crippen molar-refractivity contribution in [3.05, 3.63) is 51.4 Å². The van der Waals surface area contributed by atoms with Crippen molar-refractivity contribution in [1.82, 2.24) is 5.43 Å². The lowest BCUT2D eigenvalue weighted by Gasteiger charge is -2.07. The SMILES string of the molecule is C/C(=N\NC(=O)C1CCCO1)c1ccc(-c2ccccc2[N+](=O)[O-])s1. The van der Waals surface area contributed by atoms with E-state index in [1.54, 1.807) is 25.1 Å². The van der Waals surface area contributed by atoms with Gasteiger partial charge in [0, 0.05) is 17.6 Å². The number of ether oxygens (including phenoxy) is 1. The highest BCUT2D eigenvalue weighted by Crippen LogP contribution is 2.34. The zero-order valence-corrected chi connectivity index (χ0v) is 14.4. The van der Waals surface area contributed by atoms with Crippen molar-refractivity contribution in [1.29, 1.82) is 0 Å². The molecule has 0 saturated carbocycles. The van der Waals surface area contributed by atoms with Crippen LogP contribution < -0.4 is 5.43 Å². The van der Waals surface area contributed by atoms with Crippen LogP contribution in [-0.2, 0) is 9.53 Å². The van der Waals surface area contributed by atoms with E-state index in [9.17, 15) is 14.9 Å². The fraction of sp³-hybridized carbons (Fsp3) is 0.294. The third-order valence-corrected chi connectivity index (χ3v) is 5.11. The van der Waals surface area contributed by atoms with Crippen LogP contribution in [0.1, 0.15) is 24.6 Å². The van der Waals surface area contributed by atoms with Gasteiger partial charge >= 0.3 is 0 Å². The number of hydrogen-bond donors (Lipinski definition) is 1. The van der Waals surface area contributed by atoms with Gasteiger partial charge in [0.2, 0.25) is 0 Å². The van der Waals surface area contributed by atoms with Crippen molar-refractivity contribution in [2.24, 2.45) is 5.10 Å². The van der Waals surface area contributed by atoms with Gasteiger partial charge in [-0.1, -0.05) is 12.1 Å². The van der Waals surface area contributed by atoms with Gasteiger partial charge in [0.25, 0.3) is 11.6 Å². The Morgan fingerprint density at radius 2 is 2.16 bits per heavy atom. The highest BCUT2D eigenvalue weighted by atomic mass is 32.1. The van der Waals surface area contributed by atoms with E-state index in [-0.39, 0.29) is 11.6 Å². The molecule has 25 heavy (non-hydrogen) atoms. The fourth-order valence-electron chi connectivity index (χ4n) is 2.57. The first-order valence-electron chi connectivity index (χ1n) is 7.86. The van der Waals surface area contributed by atoms with Crippen LogP contribution in [0.4, 0.5) is 5.69 Å². The number of amides is 1. The number of benzene rings is 1. The smallest absolute Gasteiger partial charge is 0.278 e. The number of rotatable bonds is 5. The number of carbonyl (C=O) groups is 1. The quantitative estimate of drug-likeness (QED) is 0.503. The predicted molar refractivity (Wildman–Crippen MR) is 95.7 cm³/mol. The topological polar surface area (TPSA) is 93.8 Å². The van der Waals surface area contributed by atoms with Crippen LogP contribution >= 0.6 is 11.3 Å². The van der Waals surface area contributed by atoms with Crippen LogP contribution in [0, 0.1) is 10.1 Å². The van der Waals surface area contributed by atoms with Crippen molar-refractivity contribution in [2.45, 2.75) is 25.9 Å². The molecule has 8 heteroatoms. The second-order valence-corrected chi connectivity index (χ2v) is 6.70. The molecular weight excluding hydrogens is 342 g/mol. The molecule has 0 aliphatic carbocycles. The molecule has 0 bridgehead atoms. The number of para-hydroxylation sites is 1. The lowest BCUT2D eigenvalue weighted by molar-refractivity contribution is -0.384. The molecule has 1 saturated heterocycles. The van der Waals surface area contributed by atoms with Gasteiger partial charge in [0.15, 0.2) is 0 Å². The molecule has 1 fully saturated rings. The first-order valence-corrected chi connectivity index (χ1v) is 8.67. The largest absolute Gasteiger partial charge is 0.368 e. The summed E-state index contributed by atoms with van der Waals surface area (Å²) in [5.74, 6) is -0.243. The molecule has 0 radical (unpaired) electrons. The van der Waals surface area contributed by atoms with E-state index in [1.165, 1.54) is 17.4 Å². The summed E-state index contributed by atoms with van der Waals surface area (Å²) in [5, 5.41) is 15.3. The summed E-state index contributed by atoms with van der Waals surface area (Å²) >= 11 is 1.39. The fourth-order valence-corrected chi connectivity index (χ4v) is 3.55. The van der Waals surface area contributed by atoms with Crippen molar-refractivity contribution >= 4 is 28.6 Å². The number of nitrogens with zero attached hydrogens (tertiary/aromatic N) is 2. The second kappa shape index (κ2) is 7.54. The molecule has 130 valence electrons. The summed E-state index contributed by atoms with van der Waals surface area (Å²) in [7, 11) is 0. The van der Waals surface area contributed by atoms with Gasteiger partial charge in [-0.3, -0.25) is 14.9 Å². The minimum Gasteiger partial charge on any atom is -0.368 e.